The quantitative estimate of drug-likeness (QED) is 0.458. The zero-order chi connectivity index (χ0) is 8.48. The van der Waals surface area contributed by atoms with Gasteiger partial charge in [0.05, 0.1) is 0 Å². The third-order valence-corrected chi connectivity index (χ3v) is 2.86. The van der Waals surface area contributed by atoms with Crippen LogP contribution < -0.4 is 0 Å². The maximum absolute atomic E-state index is 2.42. The van der Waals surface area contributed by atoms with Gasteiger partial charge in [-0.25, -0.2) is 0 Å². The van der Waals surface area contributed by atoms with Gasteiger partial charge in [0, 0.05) is 0 Å². The van der Waals surface area contributed by atoms with E-state index in [1.165, 1.54) is 19.3 Å². The molecular formula is C10H17Li. The van der Waals surface area contributed by atoms with Gasteiger partial charge in [0.25, 0.3) is 0 Å². The van der Waals surface area contributed by atoms with E-state index in [4.69, 9.17) is 0 Å². The molecule has 0 radical (unpaired) electrons. The molecule has 11 heavy (non-hydrogen) atoms. The zero-order valence-electron chi connectivity index (χ0n) is 8.28. The summed E-state index contributed by atoms with van der Waals surface area (Å²) in [5.74, 6) is 0.909. The second kappa shape index (κ2) is 3.38. The summed E-state index contributed by atoms with van der Waals surface area (Å²) in [6.45, 7) is 7.06. The summed E-state index contributed by atoms with van der Waals surface area (Å²) in [7, 11) is 0. The van der Waals surface area contributed by atoms with E-state index in [-0.39, 0.29) is 0 Å². The van der Waals surface area contributed by atoms with Crippen LogP contribution >= 0.6 is 0 Å². The van der Waals surface area contributed by atoms with Crippen LogP contribution in [0.3, 0.4) is 0 Å². The first-order chi connectivity index (χ1) is 5.00. The molecule has 0 saturated heterocycles. The Kier molecular flexibility index (Phi) is 2.89. The summed E-state index contributed by atoms with van der Waals surface area (Å²) in [6, 6.07) is 0. The van der Waals surface area contributed by atoms with Crippen LogP contribution in [0.1, 0.15) is 40.0 Å². The second-order valence-electron chi connectivity index (χ2n) is 4.89. The van der Waals surface area contributed by atoms with Crippen LogP contribution in [-0.2, 0) is 0 Å². The van der Waals surface area contributed by atoms with Crippen LogP contribution in [-0.4, -0.2) is 17.7 Å². The molecule has 0 aromatic heterocycles. The van der Waals surface area contributed by atoms with Crippen LogP contribution in [0.5, 0.6) is 0 Å². The molecule has 0 saturated carbocycles. The van der Waals surface area contributed by atoms with Crippen molar-refractivity contribution in [2.75, 3.05) is 0 Å². The topological polar surface area (TPSA) is 0 Å². The molecule has 1 aliphatic carbocycles. The SMILES string of the molecule is [Li][C]1=CCC(C(C)(C)C)CC1. The summed E-state index contributed by atoms with van der Waals surface area (Å²) in [6.07, 6.45) is 6.43. The van der Waals surface area contributed by atoms with Crippen molar-refractivity contribution in [3.05, 3.63) is 10.3 Å². The number of hydrogen-bond donors (Lipinski definition) is 0. The van der Waals surface area contributed by atoms with Gasteiger partial charge in [-0.3, -0.25) is 0 Å². The van der Waals surface area contributed by atoms with Gasteiger partial charge in [-0.1, -0.05) is 0 Å². The van der Waals surface area contributed by atoms with Crippen molar-refractivity contribution in [3.63, 3.8) is 0 Å². The third-order valence-electron chi connectivity index (χ3n) is 2.86. The summed E-state index contributed by atoms with van der Waals surface area (Å²) in [5.41, 5.74) is 0.511. The van der Waals surface area contributed by atoms with Crippen molar-refractivity contribution in [2.45, 2.75) is 40.0 Å². The molecule has 1 aliphatic rings. The number of rotatable bonds is 0. The molecule has 58 valence electrons. The first kappa shape index (κ1) is 9.43. The van der Waals surface area contributed by atoms with Gasteiger partial charge in [-0.2, -0.15) is 0 Å². The Bertz CT molecular complexity index is 162. The van der Waals surface area contributed by atoms with Crippen LogP contribution in [0.15, 0.2) is 10.3 Å². The van der Waals surface area contributed by atoms with Crippen molar-refractivity contribution in [1.29, 1.82) is 0 Å². The molecule has 0 aromatic rings. The minimum atomic E-state index is 0.511. The summed E-state index contributed by atoms with van der Waals surface area (Å²) in [4.78, 5) is 0. The van der Waals surface area contributed by atoms with Gasteiger partial charge < -0.3 is 0 Å². The number of allylic oxidation sites excluding steroid dienone is 2. The van der Waals surface area contributed by atoms with Crippen LogP contribution in [0.4, 0.5) is 0 Å². The Hall–Kier alpha value is 0.337. The maximum atomic E-state index is 2.42. The van der Waals surface area contributed by atoms with E-state index in [1.807, 2.05) is 0 Å². The predicted octanol–water partition coefficient (Wildman–Crippen LogP) is 2.89. The van der Waals surface area contributed by atoms with E-state index in [0.717, 1.165) is 5.92 Å². The second-order valence-corrected chi connectivity index (χ2v) is 4.89. The molecule has 1 rings (SSSR count). The summed E-state index contributed by atoms with van der Waals surface area (Å²) in [5, 5.41) is 0. The van der Waals surface area contributed by atoms with Gasteiger partial charge in [-0.15, -0.1) is 0 Å². The van der Waals surface area contributed by atoms with E-state index in [1.54, 1.807) is 4.25 Å². The van der Waals surface area contributed by atoms with Crippen LogP contribution in [0, 0.1) is 11.3 Å². The molecule has 0 N–H and O–H groups in total. The fourth-order valence-electron chi connectivity index (χ4n) is 1.75. The molecule has 0 fully saturated rings. The van der Waals surface area contributed by atoms with Crippen molar-refractivity contribution >= 4 is 17.7 Å². The van der Waals surface area contributed by atoms with Gasteiger partial charge >= 0.3 is 79.4 Å². The predicted molar refractivity (Wildman–Crippen MR) is 50.6 cm³/mol. The van der Waals surface area contributed by atoms with Gasteiger partial charge in [0.15, 0.2) is 0 Å². The fraction of sp³-hybridized carbons (Fsp3) is 0.800. The Morgan fingerprint density at radius 2 is 2.09 bits per heavy atom. The standard InChI is InChI=1S/C10H17.Li/c1-10(2,3)9-7-5-4-6-8-9;/h5,9H,6-8H2,1-3H3;. The molecule has 0 bridgehead atoms. The zero-order valence-corrected chi connectivity index (χ0v) is 8.28. The van der Waals surface area contributed by atoms with E-state index < -0.39 is 0 Å². The molecule has 0 nitrogen and oxygen atoms in total. The molecule has 0 spiro atoms. The van der Waals surface area contributed by atoms with E-state index in [0.29, 0.717) is 5.41 Å². The first-order valence-corrected chi connectivity index (χ1v) is 4.66. The van der Waals surface area contributed by atoms with Crippen molar-refractivity contribution in [2.24, 2.45) is 11.3 Å². The molecule has 1 unspecified atom stereocenters. The van der Waals surface area contributed by atoms with Gasteiger partial charge in [0.2, 0.25) is 0 Å². The van der Waals surface area contributed by atoms with E-state index in [2.05, 4.69) is 44.6 Å². The van der Waals surface area contributed by atoms with Crippen molar-refractivity contribution in [1.82, 2.24) is 0 Å². The van der Waals surface area contributed by atoms with Gasteiger partial charge in [-0.05, 0) is 0 Å². The summed E-state index contributed by atoms with van der Waals surface area (Å²) < 4.78 is 1.59. The molecule has 0 aromatic carbocycles. The normalized spacial score (nSPS) is 26.6. The molecular weight excluding hydrogens is 127 g/mol. The molecule has 0 amide bonds. The van der Waals surface area contributed by atoms with E-state index in [9.17, 15) is 0 Å². The summed E-state index contributed by atoms with van der Waals surface area (Å²) >= 11 is 2.25. The first-order valence-electron chi connectivity index (χ1n) is 4.66. The van der Waals surface area contributed by atoms with Crippen LogP contribution in [0.2, 0.25) is 0 Å². The Morgan fingerprint density at radius 1 is 1.45 bits per heavy atom. The van der Waals surface area contributed by atoms with Crippen LogP contribution in [0.25, 0.3) is 0 Å². The van der Waals surface area contributed by atoms with E-state index >= 15 is 0 Å². The number of hydrogen-bond acceptors (Lipinski definition) is 0. The monoisotopic (exact) mass is 144 g/mol. The third kappa shape index (κ3) is 2.69. The Balaban J connectivity index is 2.54. The average molecular weight is 144 g/mol. The van der Waals surface area contributed by atoms with Gasteiger partial charge in [0.1, 0.15) is 0 Å². The molecule has 1 atom stereocenters. The van der Waals surface area contributed by atoms with Crippen molar-refractivity contribution in [3.8, 4) is 0 Å². The molecule has 0 heterocycles. The fourth-order valence-corrected chi connectivity index (χ4v) is 1.75. The van der Waals surface area contributed by atoms with Crippen molar-refractivity contribution < 1.29 is 0 Å². The Labute approximate surface area is 79.7 Å². The average Bonchev–Trinajstić information content (AvgIpc) is 1.86. The minimum absolute atomic E-state index is 0.511. The molecule has 0 aliphatic heterocycles. The molecule has 1 heteroatoms. The Morgan fingerprint density at radius 3 is 2.45 bits per heavy atom.